The molecule has 0 atom stereocenters. The van der Waals surface area contributed by atoms with Crippen molar-refractivity contribution in [1.29, 1.82) is 0 Å². The van der Waals surface area contributed by atoms with E-state index < -0.39 is 17.7 Å². The van der Waals surface area contributed by atoms with E-state index in [1.807, 2.05) is 6.07 Å². The monoisotopic (exact) mass is 317 g/mol. The van der Waals surface area contributed by atoms with Gasteiger partial charge in [0.05, 0.1) is 11.4 Å². The first-order valence-electron chi connectivity index (χ1n) is 6.96. The Hall–Kier alpha value is -3.03. The van der Waals surface area contributed by atoms with Gasteiger partial charge in [0, 0.05) is 26.6 Å². The third kappa shape index (κ3) is 2.96. The van der Waals surface area contributed by atoms with Gasteiger partial charge >= 0.3 is 18.0 Å². The van der Waals surface area contributed by atoms with E-state index in [4.69, 9.17) is 9.47 Å². The number of para-hydroxylation sites is 1. The fourth-order valence-electron chi connectivity index (χ4n) is 2.28. The van der Waals surface area contributed by atoms with Crippen LogP contribution in [0, 0.1) is 0 Å². The van der Waals surface area contributed by atoms with Crippen LogP contribution in [0.25, 0.3) is 0 Å². The molecule has 2 amide bonds. The first-order valence-corrected chi connectivity index (χ1v) is 6.96. The first-order chi connectivity index (χ1) is 10.9. The van der Waals surface area contributed by atoms with Crippen LogP contribution in [0.1, 0.15) is 19.4 Å². The number of carbonyl (C=O) groups is 3. The number of cyclic esters (lactones) is 2. The molecule has 23 heavy (non-hydrogen) atoms. The predicted molar refractivity (Wildman–Crippen MR) is 80.3 cm³/mol. The summed E-state index contributed by atoms with van der Waals surface area (Å²) in [5, 5.41) is 8.18. The van der Waals surface area contributed by atoms with Crippen molar-refractivity contribution in [3.05, 3.63) is 35.5 Å². The van der Waals surface area contributed by atoms with E-state index in [9.17, 15) is 14.4 Å². The van der Waals surface area contributed by atoms with Crippen molar-refractivity contribution in [2.24, 2.45) is 0 Å². The van der Waals surface area contributed by atoms with Crippen LogP contribution in [-0.2, 0) is 25.6 Å². The second-order valence-corrected chi connectivity index (χ2v) is 5.53. The number of amides is 2. The maximum absolute atomic E-state index is 11.9. The lowest BCUT2D eigenvalue weighted by Crippen LogP contribution is -2.42. The highest BCUT2D eigenvalue weighted by molar-refractivity contribution is 6.15. The van der Waals surface area contributed by atoms with Crippen molar-refractivity contribution < 1.29 is 23.9 Å². The Morgan fingerprint density at radius 1 is 1.17 bits per heavy atom. The predicted octanol–water partition coefficient (Wildman–Crippen LogP) is 1.45. The Bertz CT molecular complexity index is 717. The average Bonchev–Trinajstić information content (AvgIpc) is 2.45. The smallest absolute Gasteiger partial charge is 0.350 e. The first kappa shape index (κ1) is 14.9. The van der Waals surface area contributed by atoms with Crippen molar-refractivity contribution in [1.82, 2.24) is 5.32 Å². The summed E-state index contributed by atoms with van der Waals surface area (Å²) in [6, 6.07) is 5.04. The molecule has 8 nitrogen and oxygen atoms in total. The van der Waals surface area contributed by atoms with E-state index in [1.165, 1.54) is 20.0 Å². The highest BCUT2D eigenvalue weighted by atomic mass is 16.7. The van der Waals surface area contributed by atoms with Crippen molar-refractivity contribution in [2.45, 2.75) is 26.2 Å². The number of ether oxygens (including phenoxy) is 2. The fraction of sp³-hybridized carbons (Fsp3) is 0.267. The highest BCUT2D eigenvalue weighted by Gasteiger charge is 2.39. The van der Waals surface area contributed by atoms with E-state index >= 15 is 0 Å². The number of hydrogen-bond acceptors (Lipinski definition) is 6. The van der Waals surface area contributed by atoms with E-state index in [-0.39, 0.29) is 11.6 Å². The normalized spacial score (nSPS) is 18.9. The van der Waals surface area contributed by atoms with E-state index in [2.05, 4.69) is 16.0 Å². The van der Waals surface area contributed by atoms with Crippen LogP contribution < -0.4 is 16.0 Å². The molecule has 0 bridgehead atoms. The summed E-state index contributed by atoms with van der Waals surface area (Å²) >= 11 is 0. The Balaban J connectivity index is 1.85. The van der Waals surface area contributed by atoms with Crippen molar-refractivity contribution in [2.75, 3.05) is 10.6 Å². The zero-order chi connectivity index (χ0) is 16.6. The number of anilines is 2. The minimum atomic E-state index is -1.28. The van der Waals surface area contributed by atoms with Crippen LogP contribution in [0.5, 0.6) is 0 Å². The van der Waals surface area contributed by atoms with Crippen LogP contribution in [-0.4, -0.2) is 23.8 Å². The zero-order valence-electron chi connectivity index (χ0n) is 12.6. The number of esters is 2. The Morgan fingerprint density at radius 3 is 2.57 bits per heavy atom. The molecule has 0 spiro atoms. The molecular formula is C15H15N3O5. The SMILES string of the molecule is CC1(C)OC(=O)C(=CNc2cccc3c2NC(=O)NC3)C(=O)O1. The molecule has 1 aromatic carbocycles. The highest BCUT2D eigenvalue weighted by Crippen LogP contribution is 2.29. The Labute approximate surface area is 131 Å². The van der Waals surface area contributed by atoms with Crippen LogP contribution in [0.3, 0.4) is 0 Å². The topological polar surface area (TPSA) is 106 Å². The number of rotatable bonds is 2. The summed E-state index contributed by atoms with van der Waals surface area (Å²) in [6.07, 6.45) is 1.21. The number of benzene rings is 1. The van der Waals surface area contributed by atoms with Crippen LogP contribution in [0.4, 0.5) is 16.2 Å². The van der Waals surface area contributed by atoms with Crippen molar-refractivity contribution >= 4 is 29.3 Å². The molecule has 0 saturated carbocycles. The lowest BCUT2D eigenvalue weighted by molar-refractivity contribution is -0.222. The number of nitrogens with one attached hydrogen (secondary N) is 3. The number of urea groups is 1. The molecule has 0 aromatic heterocycles. The maximum Gasteiger partial charge on any atom is 0.350 e. The summed E-state index contributed by atoms with van der Waals surface area (Å²) in [4.78, 5) is 35.2. The van der Waals surface area contributed by atoms with Gasteiger partial charge in [-0.2, -0.15) is 0 Å². The van der Waals surface area contributed by atoms with Gasteiger partial charge in [0.15, 0.2) is 5.57 Å². The molecule has 1 saturated heterocycles. The minimum absolute atomic E-state index is 0.248. The van der Waals surface area contributed by atoms with Crippen molar-refractivity contribution in [3.63, 3.8) is 0 Å². The van der Waals surface area contributed by atoms with Gasteiger partial charge in [0.25, 0.3) is 5.79 Å². The van der Waals surface area contributed by atoms with Gasteiger partial charge in [-0.3, -0.25) is 0 Å². The number of hydrogen-bond donors (Lipinski definition) is 3. The number of fused-ring (bicyclic) bond motifs is 1. The van der Waals surface area contributed by atoms with Gasteiger partial charge in [0.1, 0.15) is 0 Å². The molecule has 3 N–H and O–H groups in total. The molecular weight excluding hydrogens is 302 g/mol. The molecule has 1 fully saturated rings. The van der Waals surface area contributed by atoms with Crippen LogP contribution in [0.2, 0.25) is 0 Å². The lowest BCUT2D eigenvalue weighted by Gasteiger charge is -2.29. The summed E-state index contributed by atoms with van der Waals surface area (Å²) in [5.74, 6) is -2.82. The molecule has 3 rings (SSSR count). The van der Waals surface area contributed by atoms with Crippen LogP contribution >= 0.6 is 0 Å². The quantitative estimate of drug-likeness (QED) is 0.433. The third-order valence-electron chi connectivity index (χ3n) is 3.32. The third-order valence-corrected chi connectivity index (χ3v) is 3.32. The zero-order valence-corrected chi connectivity index (χ0v) is 12.6. The second-order valence-electron chi connectivity index (χ2n) is 5.53. The molecule has 2 heterocycles. The summed E-state index contributed by atoms with van der Waals surface area (Å²) < 4.78 is 10.0. The summed E-state index contributed by atoms with van der Waals surface area (Å²) in [5.41, 5.74) is 1.77. The molecule has 2 aliphatic rings. The maximum atomic E-state index is 11.9. The average molecular weight is 317 g/mol. The van der Waals surface area contributed by atoms with Gasteiger partial charge in [-0.25, -0.2) is 14.4 Å². The molecule has 1 aromatic rings. The van der Waals surface area contributed by atoms with Gasteiger partial charge in [0.2, 0.25) is 0 Å². The molecule has 0 aliphatic carbocycles. The molecule has 2 aliphatic heterocycles. The van der Waals surface area contributed by atoms with Crippen LogP contribution in [0.15, 0.2) is 30.0 Å². The fourth-order valence-corrected chi connectivity index (χ4v) is 2.28. The molecule has 8 heteroatoms. The Kier molecular flexibility index (Phi) is 3.44. The summed E-state index contributed by atoms with van der Waals surface area (Å²) in [7, 11) is 0. The lowest BCUT2D eigenvalue weighted by atomic mass is 10.1. The largest absolute Gasteiger partial charge is 0.419 e. The minimum Gasteiger partial charge on any atom is -0.419 e. The van der Waals surface area contributed by atoms with Gasteiger partial charge < -0.3 is 25.4 Å². The number of carbonyl (C=O) groups excluding carboxylic acids is 3. The van der Waals surface area contributed by atoms with Gasteiger partial charge in [-0.05, 0) is 11.6 Å². The van der Waals surface area contributed by atoms with E-state index in [1.54, 1.807) is 12.1 Å². The standard InChI is InChI=1S/C15H15N3O5/c1-15(2)22-12(19)9(13(20)23-15)7-16-10-5-3-4-8-6-17-14(21)18-11(8)10/h3-5,7,16H,6H2,1-2H3,(H2,17,18,21). The molecule has 120 valence electrons. The van der Waals surface area contributed by atoms with Crippen molar-refractivity contribution in [3.8, 4) is 0 Å². The summed E-state index contributed by atoms with van der Waals surface area (Å²) in [6.45, 7) is 3.35. The van der Waals surface area contributed by atoms with Gasteiger partial charge in [-0.15, -0.1) is 0 Å². The van der Waals surface area contributed by atoms with E-state index in [0.717, 1.165) is 5.56 Å². The van der Waals surface area contributed by atoms with E-state index in [0.29, 0.717) is 17.9 Å². The molecule has 0 radical (unpaired) electrons. The van der Waals surface area contributed by atoms with Gasteiger partial charge in [-0.1, -0.05) is 12.1 Å². The Morgan fingerprint density at radius 2 is 1.87 bits per heavy atom. The second kappa shape index (κ2) is 5.31. The molecule has 0 unspecified atom stereocenters.